The zero-order chi connectivity index (χ0) is 22.0. The normalized spacial score (nSPS) is 11.6. The summed E-state index contributed by atoms with van der Waals surface area (Å²) in [5.41, 5.74) is 0.405. The number of para-hydroxylation sites is 1. The lowest BCUT2D eigenvalue weighted by Gasteiger charge is -2.11. The van der Waals surface area contributed by atoms with E-state index < -0.39 is 22.7 Å². The van der Waals surface area contributed by atoms with Gasteiger partial charge in [-0.3, -0.25) is 4.79 Å². The Balaban J connectivity index is 1.49. The molecule has 0 saturated carbocycles. The van der Waals surface area contributed by atoms with E-state index in [0.717, 1.165) is 29.6 Å². The summed E-state index contributed by atoms with van der Waals surface area (Å²) in [5.74, 6) is -0.547. The van der Waals surface area contributed by atoms with E-state index in [-0.39, 0.29) is 11.4 Å². The third kappa shape index (κ3) is 4.64. The van der Waals surface area contributed by atoms with Gasteiger partial charge in [0.1, 0.15) is 11.4 Å². The van der Waals surface area contributed by atoms with Crippen LogP contribution < -0.4 is 5.32 Å². The minimum absolute atomic E-state index is 0.00653. The van der Waals surface area contributed by atoms with E-state index in [1.54, 1.807) is 10.9 Å². The number of halogens is 4. The average molecular weight is 464 g/mol. The number of benzene rings is 2. The molecule has 6 nitrogen and oxygen atoms in total. The minimum atomic E-state index is -4.61. The number of thioether (sulfide) groups is 1. The van der Waals surface area contributed by atoms with Gasteiger partial charge in [0.05, 0.1) is 33.6 Å². The summed E-state index contributed by atoms with van der Waals surface area (Å²) < 4.78 is 40.6. The largest absolute Gasteiger partial charge is 0.417 e. The van der Waals surface area contributed by atoms with E-state index in [2.05, 4.69) is 20.4 Å². The number of carbonyl (C=O) groups is 1. The van der Waals surface area contributed by atoms with Crippen molar-refractivity contribution in [3.05, 3.63) is 71.6 Å². The van der Waals surface area contributed by atoms with Crippen LogP contribution in [0.1, 0.15) is 5.56 Å². The van der Waals surface area contributed by atoms with Gasteiger partial charge in [0.2, 0.25) is 5.91 Å². The minimum Gasteiger partial charge on any atom is -0.325 e. The van der Waals surface area contributed by atoms with Gasteiger partial charge in [-0.1, -0.05) is 41.6 Å². The fraction of sp³-hybridized carbons (Fsp3) is 0.100. The Morgan fingerprint density at radius 1 is 1.13 bits per heavy atom. The molecule has 0 aliphatic rings. The molecule has 0 spiro atoms. The van der Waals surface area contributed by atoms with Crippen molar-refractivity contribution in [2.45, 2.75) is 11.2 Å². The molecule has 158 valence electrons. The van der Waals surface area contributed by atoms with Crippen LogP contribution in [0.15, 0.2) is 66.1 Å². The Labute approximate surface area is 183 Å². The number of nitrogens with one attached hydrogen (secondary N) is 1. The predicted molar refractivity (Wildman–Crippen MR) is 112 cm³/mol. The number of rotatable bonds is 5. The van der Waals surface area contributed by atoms with Crippen molar-refractivity contribution < 1.29 is 18.0 Å². The first-order chi connectivity index (χ1) is 14.8. The fourth-order valence-corrected chi connectivity index (χ4v) is 3.83. The second-order valence-corrected chi connectivity index (χ2v) is 7.71. The quantitative estimate of drug-likeness (QED) is 0.324. The van der Waals surface area contributed by atoms with Gasteiger partial charge in [-0.2, -0.15) is 18.3 Å². The van der Waals surface area contributed by atoms with Gasteiger partial charge in [0.15, 0.2) is 5.65 Å². The Kier molecular flexibility index (Phi) is 5.84. The molecule has 0 aliphatic carbocycles. The maximum atomic E-state index is 13.0. The number of hydrogen-bond donors (Lipinski definition) is 1. The molecule has 2 aromatic carbocycles. The van der Waals surface area contributed by atoms with Crippen molar-refractivity contribution >= 4 is 46.0 Å². The summed E-state index contributed by atoms with van der Waals surface area (Å²) in [6.07, 6.45) is -1.63. The van der Waals surface area contributed by atoms with Crippen LogP contribution in [0.3, 0.4) is 0 Å². The van der Waals surface area contributed by atoms with E-state index in [9.17, 15) is 18.0 Å². The number of alkyl halides is 3. The topological polar surface area (TPSA) is 72.7 Å². The van der Waals surface area contributed by atoms with E-state index in [4.69, 9.17) is 11.6 Å². The van der Waals surface area contributed by atoms with Gasteiger partial charge in [0, 0.05) is 5.69 Å². The van der Waals surface area contributed by atoms with Crippen LogP contribution in [-0.4, -0.2) is 31.4 Å². The van der Waals surface area contributed by atoms with Crippen molar-refractivity contribution in [2.24, 2.45) is 0 Å². The van der Waals surface area contributed by atoms with Crippen molar-refractivity contribution in [2.75, 3.05) is 11.1 Å². The molecule has 0 radical (unpaired) electrons. The number of carbonyl (C=O) groups excluding carboxylic acids is 1. The summed E-state index contributed by atoms with van der Waals surface area (Å²) in [4.78, 5) is 20.8. The van der Waals surface area contributed by atoms with Crippen molar-refractivity contribution in [1.29, 1.82) is 0 Å². The highest BCUT2D eigenvalue weighted by Crippen LogP contribution is 2.36. The number of aromatic nitrogens is 4. The van der Waals surface area contributed by atoms with Crippen LogP contribution in [0.2, 0.25) is 5.02 Å². The smallest absolute Gasteiger partial charge is 0.325 e. The summed E-state index contributed by atoms with van der Waals surface area (Å²) >= 11 is 6.74. The number of amides is 1. The lowest BCUT2D eigenvalue weighted by molar-refractivity contribution is -0.137. The molecular weight excluding hydrogens is 451 g/mol. The van der Waals surface area contributed by atoms with Gasteiger partial charge >= 0.3 is 6.18 Å². The van der Waals surface area contributed by atoms with Crippen molar-refractivity contribution in [3.63, 3.8) is 0 Å². The third-order valence-corrected chi connectivity index (χ3v) is 5.56. The number of nitrogens with zero attached hydrogens (tertiary/aromatic N) is 4. The Morgan fingerprint density at radius 3 is 2.65 bits per heavy atom. The lowest BCUT2D eigenvalue weighted by atomic mass is 10.2. The van der Waals surface area contributed by atoms with Crippen LogP contribution in [0.5, 0.6) is 0 Å². The second-order valence-electron chi connectivity index (χ2n) is 6.34. The van der Waals surface area contributed by atoms with Crippen LogP contribution >= 0.6 is 23.4 Å². The molecule has 1 N–H and O–H groups in total. The predicted octanol–water partition coefficient (Wildman–Crippen LogP) is 5.22. The van der Waals surface area contributed by atoms with Crippen LogP contribution in [0, 0.1) is 0 Å². The maximum absolute atomic E-state index is 13.0. The second kappa shape index (κ2) is 8.56. The summed E-state index contributed by atoms with van der Waals surface area (Å²) in [6.45, 7) is 0. The Morgan fingerprint density at radius 2 is 1.90 bits per heavy atom. The lowest BCUT2D eigenvalue weighted by Crippen LogP contribution is -2.15. The van der Waals surface area contributed by atoms with E-state index in [1.807, 2.05) is 30.3 Å². The molecule has 0 atom stereocenters. The highest BCUT2D eigenvalue weighted by Gasteiger charge is 2.33. The number of fused-ring (bicyclic) bond motifs is 1. The fourth-order valence-electron chi connectivity index (χ4n) is 2.85. The standard InChI is InChI=1S/C20H13ClF3N5OS/c21-16-7-6-12(8-15(16)20(22,23)24)28-17(30)10-31-19-14-9-27-29(18(14)25-11-26-19)13-4-2-1-3-5-13/h1-9,11H,10H2,(H,28,30). The van der Waals surface area contributed by atoms with Gasteiger partial charge < -0.3 is 5.32 Å². The molecule has 0 bridgehead atoms. The molecule has 0 unspecified atom stereocenters. The van der Waals surface area contributed by atoms with Crippen LogP contribution in [-0.2, 0) is 11.0 Å². The molecule has 4 rings (SSSR count). The van der Waals surface area contributed by atoms with Gasteiger partial charge in [0.25, 0.3) is 0 Å². The molecule has 0 aliphatic heterocycles. The molecule has 0 fully saturated rings. The van der Waals surface area contributed by atoms with Crippen LogP contribution in [0.4, 0.5) is 18.9 Å². The maximum Gasteiger partial charge on any atom is 0.417 e. The monoisotopic (exact) mass is 463 g/mol. The van der Waals surface area contributed by atoms with E-state index in [0.29, 0.717) is 16.1 Å². The van der Waals surface area contributed by atoms with Gasteiger partial charge in [-0.25, -0.2) is 14.6 Å². The molecule has 31 heavy (non-hydrogen) atoms. The first-order valence-electron chi connectivity index (χ1n) is 8.86. The first kappa shape index (κ1) is 21.1. The number of anilines is 1. The van der Waals surface area contributed by atoms with Gasteiger partial charge in [-0.05, 0) is 30.3 Å². The highest BCUT2D eigenvalue weighted by atomic mass is 35.5. The molecule has 4 aromatic rings. The van der Waals surface area contributed by atoms with Crippen molar-refractivity contribution in [1.82, 2.24) is 19.7 Å². The van der Waals surface area contributed by atoms with E-state index in [1.165, 1.54) is 12.4 Å². The Bertz CT molecular complexity index is 1250. The summed E-state index contributed by atoms with van der Waals surface area (Å²) in [5, 5.41) is 7.56. The van der Waals surface area contributed by atoms with E-state index >= 15 is 0 Å². The highest BCUT2D eigenvalue weighted by molar-refractivity contribution is 8.00. The SMILES string of the molecule is O=C(CSc1ncnc2c1cnn2-c1ccccc1)Nc1ccc(Cl)c(C(F)(F)F)c1. The first-order valence-corrected chi connectivity index (χ1v) is 10.2. The number of hydrogen-bond acceptors (Lipinski definition) is 5. The summed E-state index contributed by atoms with van der Waals surface area (Å²) in [7, 11) is 0. The van der Waals surface area contributed by atoms with Crippen molar-refractivity contribution in [3.8, 4) is 5.69 Å². The molecule has 2 heterocycles. The third-order valence-electron chi connectivity index (χ3n) is 4.23. The molecule has 1 amide bonds. The zero-order valence-electron chi connectivity index (χ0n) is 15.6. The summed E-state index contributed by atoms with van der Waals surface area (Å²) in [6, 6.07) is 12.6. The molecule has 2 aromatic heterocycles. The van der Waals surface area contributed by atoms with Gasteiger partial charge in [-0.15, -0.1) is 0 Å². The zero-order valence-corrected chi connectivity index (χ0v) is 17.2. The van der Waals surface area contributed by atoms with Crippen LogP contribution in [0.25, 0.3) is 16.7 Å². The average Bonchev–Trinajstić information content (AvgIpc) is 3.18. The molecular formula is C20H13ClF3N5OS. The Hall–Kier alpha value is -3.11. The molecule has 11 heteroatoms. The molecule has 0 saturated heterocycles.